The SMILES string of the molecule is Nc1ccc2c(c1)OCC(CNC1CC1)C2. The lowest BCUT2D eigenvalue weighted by atomic mass is 9.96. The van der Waals surface area contributed by atoms with E-state index in [4.69, 9.17) is 10.5 Å². The molecule has 1 heterocycles. The highest BCUT2D eigenvalue weighted by atomic mass is 16.5. The molecule has 1 aromatic rings. The molecule has 3 heteroatoms. The molecular formula is C13H18N2O. The Morgan fingerprint density at radius 1 is 1.38 bits per heavy atom. The van der Waals surface area contributed by atoms with Gasteiger partial charge in [0, 0.05) is 30.3 Å². The van der Waals surface area contributed by atoms with Crippen LogP contribution in [0.1, 0.15) is 18.4 Å². The van der Waals surface area contributed by atoms with Crippen molar-refractivity contribution >= 4 is 5.69 Å². The second kappa shape index (κ2) is 3.98. The summed E-state index contributed by atoms with van der Waals surface area (Å²) in [4.78, 5) is 0. The molecule has 1 atom stereocenters. The lowest BCUT2D eigenvalue weighted by molar-refractivity contribution is 0.218. The predicted octanol–water partition coefficient (Wildman–Crippen LogP) is 1.57. The number of hydrogen-bond donors (Lipinski definition) is 2. The maximum absolute atomic E-state index is 5.75. The Labute approximate surface area is 96.0 Å². The Morgan fingerprint density at radius 3 is 3.06 bits per heavy atom. The van der Waals surface area contributed by atoms with Crippen molar-refractivity contribution in [2.24, 2.45) is 5.92 Å². The topological polar surface area (TPSA) is 47.3 Å². The van der Waals surface area contributed by atoms with E-state index in [0.29, 0.717) is 5.92 Å². The van der Waals surface area contributed by atoms with Crippen LogP contribution in [0, 0.1) is 5.92 Å². The molecule has 0 bridgehead atoms. The van der Waals surface area contributed by atoms with Crippen LogP contribution in [0.15, 0.2) is 18.2 Å². The number of nitrogens with two attached hydrogens (primary N) is 1. The molecule has 1 fully saturated rings. The van der Waals surface area contributed by atoms with Gasteiger partial charge in [0.15, 0.2) is 0 Å². The largest absolute Gasteiger partial charge is 0.493 e. The Bertz CT molecular complexity index is 388. The molecule has 1 aliphatic carbocycles. The first-order valence-electron chi connectivity index (χ1n) is 6.06. The van der Waals surface area contributed by atoms with Crippen LogP contribution in [0.4, 0.5) is 5.69 Å². The van der Waals surface area contributed by atoms with Gasteiger partial charge in [0.2, 0.25) is 0 Å². The van der Waals surface area contributed by atoms with Gasteiger partial charge >= 0.3 is 0 Å². The van der Waals surface area contributed by atoms with Crippen molar-refractivity contribution in [1.29, 1.82) is 0 Å². The molecular weight excluding hydrogens is 200 g/mol. The molecule has 2 aliphatic rings. The highest BCUT2D eigenvalue weighted by Gasteiger charge is 2.24. The quantitative estimate of drug-likeness (QED) is 0.757. The Balaban J connectivity index is 1.63. The molecule has 0 aromatic heterocycles. The van der Waals surface area contributed by atoms with Crippen LogP contribution in [-0.2, 0) is 6.42 Å². The van der Waals surface area contributed by atoms with Crippen LogP contribution in [0.2, 0.25) is 0 Å². The van der Waals surface area contributed by atoms with Crippen molar-refractivity contribution < 1.29 is 4.74 Å². The summed E-state index contributed by atoms with van der Waals surface area (Å²) in [7, 11) is 0. The Kier molecular flexibility index (Phi) is 2.48. The zero-order chi connectivity index (χ0) is 11.0. The summed E-state index contributed by atoms with van der Waals surface area (Å²) in [5.74, 6) is 1.58. The molecule has 3 rings (SSSR count). The molecule has 0 spiro atoms. The smallest absolute Gasteiger partial charge is 0.124 e. The highest BCUT2D eigenvalue weighted by Crippen LogP contribution is 2.29. The number of fused-ring (bicyclic) bond motifs is 1. The molecule has 1 unspecified atom stereocenters. The molecule has 0 radical (unpaired) electrons. The lowest BCUT2D eigenvalue weighted by Gasteiger charge is -2.25. The highest BCUT2D eigenvalue weighted by molar-refractivity contribution is 5.49. The fraction of sp³-hybridized carbons (Fsp3) is 0.538. The number of nitrogen functional groups attached to an aromatic ring is 1. The number of ether oxygens (including phenoxy) is 1. The van der Waals surface area contributed by atoms with Gasteiger partial charge in [-0.3, -0.25) is 0 Å². The molecule has 0 saturated heterocycles. The first-order valence-corrected chi connectivity index (χ1v) is 6.06. The lowest BCUT2D eigenvalue weighted by Crippen LogP contribution is -2.32. The van der Waals surface area contributed by atoms with E-state index >= 15 is 0 Å². The summed E-state index contributed by atoms with van der Waals surface area (Å²) in [6.07, 6.45) is 3.80. The Hall–Kier alpha value is -1.22. The third-order valence-electron chi connectivity index (χ3n) is 3.35. The minimum absolute atomic E-state index is 0.608. The number of nitrogens with one attached hydrogen (secondary N) is 1. The first kappa shape index (κ1) is 9.97. The standard InChI is InChI=1S/C13H18N2O/c14-11-2-1-10-5-9(7-15-12-3-4-12)8-16-13(10)6-11/h1-2,6,9,12,15H,3-5,7-8,14H2. The van der Waals surface area contributed by atoms with E-state index in [9.17, 15) is 0 Å². The Morgan fingerprint density at radius 2 is 2.25 bits per heavy atom. The monoisotopic (exact) mass is 218 g/mol. The van der Waals surface area contributed by atoms with Gasteiger partial charge in [0.05, 0.1) is 6.61 Å². The second-order valence-electron chi connectivity index (χ2n) is 4.93. The van der Waals surface area contributed by atoms with Crippen LogP contribution in [-0.4, -0.2) is 19.2 Å². The molecule has 3 nitrogen and oxygen atoms in total. The number of hydrogen-bond acceptors (Lipinski definition) is 3. The molecule has 1 saturated carbocycles. The van der Waals surface area contributed by atoms with Gasteiger partial charge in [-0.15, -0.1) is 0 Å². The van der Waals surface area contributed by atoms with E-state index in [1.54, 1.807) is 0 Å². The van der Waals surface area contributed by atoms with Crippen LogP contribution in [0.25, 0.3) is 0 Å². The number of anilines is 1. The van der Waals surface area contributed by atoms with E-state index in [0.717, 1.165) is 37.1 Å². The summed E-state index contributed by atoms with van der Waals surface area (Å²) in [6.45, 7) is 1.89. The van der Waals surface area contributed by atoms with E-state index in [1.807, 2.05) is 12.1 Å². The van der Waals surface area contributed by atoms with Crippen molar-refractivity contribution in [2.75, 3.05) is 18.9 Å². The van der Waals surface area contributed by atoms with E-state index < -0.39 is 0 Å². The van der Waals surface area contributed by atoms with Crippen LogP contribution in [0.3, 0.4) is 0 Å². The molecule has 3 N–H and O–H groups in total. The van der Waals surface area contributed by atoms with Gasteiger partial charge < -0.3 is 15.8 Å². The third kappa shape index (κ3) is 2.14. The van der Waals surface area contributed by atoms with Crippen LogP contribution in [0.5, 0.6) is 5.75 Å². The second-order valence-corrected chi connectivity index (χ2v) is 4.93. The normalized spacial score (nSPS) is 23.6. The minimum Gasteiger partial charge on any atom is -0.493 e. The summed E-state index contributed by atoms with van der Waals surface area (Å²) in [6, 6.07) is 6.76. The first-order chi connectivity index (χ1) is 7.81. The average molecular weight is 218 g/mol. The van der Waals surface area contributed by atoms with Gasteiger partial charge in [-0.05, 0) is 30.9 Å². The average Bonchev–Trinajstić information content (AvgIpc) is 3.10. The van der Waals surface area contributed by atoms with Crippen molar-refractivity contribution in [1.82, 2.24) is 5.32 Å². The third-order valence-corrected chi connectivity index (χ3v) is 3.35. The predicted molar refractivity (Wildman–Crippen MR) is 64.6 cm³/mol. The van der Waals surface area contributed by atoms with Crippen molar-refractivity contribution in [2.45, 2.75) is 25.3 Å². The maximum atomic E-state index is 5.75. The van der Waals surface area contributed by atoms with Crippen LogP contribution >= 0.6 is 0 Å². The van der Waals surface area contributed by atoms with E-state index in [2.05, 4.69) is 11.4 Å². The van der Waals surface area contributed by atoms with Gasteiger partial charge in [0.1, 0.15) is 5.75 Å². The van der Waals surface area contributed by atoms with Gasteiger partial charge in [-0.25, -0.2) is 0 Å². The van der Waals surface area contributed by atoms with Gasteiger partial charge in [0.25, 0.3) is 0 Å². The molecule has 0 amide bonds. The van der Waals surface area contributed by atoms with E-state index in [-0.39, 0.29) is 0 Å². The number of rotatable bonds is 3. The summed E-state index contributed by atoms with van der Waals surface area (Å²) in [5.41, 5.74) is 7.81. The zero-order valence-electron chi connectivity index (χ0n) is 9.41. The minimum atomic E-state index is 0.608. The molecule has 1 aromatic carbocycles. The fourth-order valence-electron chi connectivity index (χ4n) is 2.20. The summed E-state index contributed by atoms with van der Waals surface area (Å²) in [5, 5.41) is 3.56. The summed E-state index contributed by atoms with van der Waals surface area (Å²) < 4.78 is 5.75. The van der Waals surface area contributed by atoms with Crippen molar-refractivity contribution in [3.05, 3.63) is 23.8 Å². The molecule has 1 aliphatic heterocycles. The van der Waals surface area contributed by atoms with Gasteiger partial charge in [-0.1, -0.05) is 6.07 Å². The van der Waals surface area contributed by atoms with E-state index in [1.165, 1.54) is 18.4 Å². The maximum Gasteiger partial charge on any atom is 0.124 e. The van der Waals surface area contributed by atoms with Gasteiger partial charge in [-0.2, -0.15) is 0 Å². The fourth-order valence-corrected chi connectivity index (χ4v) is 2.20. The molecule has 16 heavy (non-hydrogen) atoms. The summed E-state index contributed by atoms with van der Waals surface area (Å²) >= 11 is 0. The van der Waals surface area contributed by atoms with Crippen LogP contribution < -0.4 is 15.8 Å². The number of benzene rings is 1. The zero-order valence-corrected chi connectivity index (χ0v) is 9.41. The van der Waals surface area contributed by atoms with Crippen molar-refractivity contribution in [3.63, 3.8) is 0 Å². The van der Waals surface area contributed by atoms with Crippen molar-refractivity contribution in [3.8, 4) is 5.75 Å². The molecule has 86 valence electrons.